The quantitative estimate of drug-likeness (QED) is 0.511. The highest BCUT2D eigenvalue weighted by atomic mass is 32.2. The molecule has 2 rings (SSSR count). The van der Waals surface area contributed by atoms with Crippen molar-refractivity contribution < 1.29 is 12.6 Å². The van der Waals surface area contributed by atoms with Crippen LogP contribution in [0.25, 0.3) is 0 Å². The fourth-order valence-corrected chi connectivity index (χ4v) is 6.26. The molecule has 1 saturated carbocycles. The van der Waals surface area contributed by atoms with E-state index < -0.39 is 20.8 Å². The van der Waals surface area contributed by atoms with Crippen LogP contribution in [0.15, 0.2) is 4.99 Å². The number of rotatable bonds is 6. The van der Waals surface area contributed by atoms with Crippen LogP contribution in [0.3, 0.4) is 0 Å². The first-order valence-electron chi connectivity index (χ1n) is 8.78. The summed E-state index contributed by atoms with van der Waals surface area (Å²) >= 11 is 0. The van der Waals surface area contributed by atoms with Gasteiger partial charge in [0.2, 0.25) is 10.0 Å². The third-order valence-corrected chi connectivity index (χ3v) is 8.40. The van der Waals surface area contributed by atoms with Crippen LogP contribution in [-0.2, 0) is 20.8 Å². The van der Waals surface area contributed by atoms with Gasteiger partial charge in [-0.3, -0.25) is 9.20 Å². The number of aliphatic imine (C=N–C) groups is 1. The Kier molecular flexibility index (Phi) is 7.49. The van der Waals surface area contributed by atoms with Gasteiger partial charge in [-0.15, -0.1) is 0 Å². The molecule has 1 saturated heterocycles. The van der Waals surface area contributed by atoms with Gasteiger partial charge in [0.15, 0.2) is 5.96 Å². The Labute approximate surface area is 148 Å². The van der Waals surface area contributed by atoms with Crippen LogP contribution in [0, 0.1) is 0 Å². The summed E-state index contributed by atoms with van der Waals surface area (Å²) in [4.78, 5) is 4.22. The molecule has 140 valence electrons. The fourth-order valence-electron chi connectivity index (χ4n) is 3.38. The summed E-state index contributed by atoms with van der Waals surface area (Å²) in [6, 6.07) is 0.279. The summed E-state index contributed by atoms with van der Waals surface area (Å²) in [5, 5.41) is 6.87. The highest BCUT2D eigenvalue weighted by Crippen LogP contribution is 2.23. The molecule has 2 N–H and O–H groups in total. The van der Waals surface area contributed by atoms with Crippen molar-refractivity contribution in [2.45, 2.75) is 50.3 Å². The maximum atomic E-state index is 12.0. The molecule has 2 aliphatic rings. The van der Waals surface area contributed by atoms with Crippen LogP contribution in [0.2, 0.25) is 0 Å². The van der Waals surface area contributed by atoms with Crippen molar-refractivity contribution >= 4 is 26.8 Å². The predicted octanol–water partition coefficient (Wildman–Crippen LogP) is 0.267. The molecule has 9 heteroatoms. The van der Waals surface area contributed by atoms with Gasteiger partial charge in [0.25, 0.3) is 0 Å². The molecule has 0 spiro atoms. The van der Waals surface area contributed by atoms with Crippen molar-refractivity contribution in [3.8, 4) is 0 Å². The highest BCUT2D eigenvalue weighted by molar-refractivity contribution is 7.89. The minimum absolute atomic E-state index is 0.262. The second-order valence-corrected chi connectivity index (χ2v) is 10.5. The summed E-state index contributed by atoms with van der Waals surface area (Å²) in [6.07, 6.45) is 4.79. The van der Waals surface area contributed by atoms with Crippen LogP contribution >= 0.6 is 0 Å². The van der Waals surface area contributed by atoms with Crippen LogP contribution in [-0.4, -0.2) is 72.4 Å². The zero-order valence-electron chi connectivity index (χ0n) is 14.7. The molecule has 3 atom stereocenters. The molecule has 24 heavy (non-hydrogen) atoms. The summed E-state index contributed by atoms with van der Waals surface area (Å²) in [5.41, 5.74) is 0. The number of hydrogen-bond donors (Lipinski definition) is 2. The first-order chi connectivity index (χ1) is 11.5. The van der Waals surface area contributed by atoms with Gasteiger partial charge < -0.3 is 10.6 Å². The number of hydrogen-bond acceptors (Lipinski definition) is 4. The molecule has 0 aromatic heterocycles. The van der Waals surface area contributed by atoms with E-state index in [0.29, 0.717) is 37.8 Å². The molecule has 0 aromatic carbocycles. The summed E-state index contributed by atoms with van der Waals surface area (Å²) in [7, 11) is -2.07. The van der Waals surface area contributed by atoms with Gasteiger partial charge in [-0.25, -0.2) is 12.7 Å². The normalized spacial score (nSPS) is 29.3. The van der Waals surface area contributed by atoms with Gasteiger partial charge in [-0.05, 0) is 25.7 Å². The number of guanidine groups is 1. The molecule has 1 heterocycles. The topological polar surface area (TPSA) is 90.9 Å². The molecule has 1 aliphatic heterocycles. The molecule has 1 aliphatic carbocycles. The molecule has 7 nitrogen and oxygen atoms in total. The van der Waals surface area contributed by atoms with E-state index in [0.717, 1.165) is 25.7 Å². The summed E-state index contributed by atoms with van der Waals surface area (Å²) in [5.74, 6) is 1.67. The van der Waals surface area contributed by atoms with Crippen molar-refractivity contribution in [1.29, 1.82) is 0 Å². The Morgan fingerprint density at radius 3 is 2.75 bits per heavy atom. The third kappa shape index (κ3) is 5.42. The SMILES string of the molecule is CCS(=O)C1CCCC(NC(=NC)NCCN2CCCS2(=O)=O)C1. The van der Waals surface area contributed by atoms with Crippen molar-refractivity contribution in [3.05, 3.63) is 0 Å². The summed E-state index contributed by atoms with van der Waals surface area (Å²) in [6.45, 7) is 3.59. The average Bonchev–Trinajstić information content (AvgIpc) is 2.92. The fraction of sp³-hybridized carbons (Fsp3) is 0.933. The first kappa shape index (κ1) is 19.7. The summed E-state index contributed by atoms with van der Waals surface area (Å²) < 4.78 is 37.1. The lowest BCUT2D eigenvalue weighted by Gasteiger charge is -2.30. The standard InChI is InChI=1S/C15H30N4O3S2/c1-3-23(20)14-7-4-6-13(12-14)18-15(16-2)17-8-10-19-9-5-11-24(19,21)22/h13-14H,3-12H2,1-2H3,(H2,16,17,18). The van der Waals surface area contributed by atoms with E-state index in [1.807, 2.05) is 6.92 Å². The Balaban J connectivity index is 1.77. The van der Waals surface area contributed by atoms with E-state index in [4.69, 9.17) is 0 Å². The average molecular weight is 379 g/mol. The monoisotopic (exact) mass is 378 g/mol. The molecule has 3 unspecified atom stereocenters. The Bertz CT molecular complexity index is 565. The van der Waals surface area contributed by atoms with Crippen LogP contribution < -0.4 is 10.6 Å². The number of sulfonamides is 1. The van der Waals surface area contributed by atoms with Gasteiger partial charge in [0.05, 0.1) is 5.75 Å². The largest absolute Gasteiger partial charge is 0.355 e. The molecule has 0 bridgehead atoms. The van der Waals surface area contributed by atoms with Crippen molar-refractivity contribution in [2.75, 3.05) is 38.2 Å². The molecular formula is C15H30N4O3S2. The smallest absolute Gasteiger partial charge is 0.214 e. The Morgan fingerprint density at radius 2 is 2.12 bits per heavy atom. The van der Waals surface area contributed by atoms with E-state index >= 15 is 0 Å². The van der Waals surface area contributed by atoms with Crippen LogP contribution in [0.1, 0.15) is 39.0 Å². The highest BCUT2D eigenvalue weighted by Gasteiger charge is 2.28. The molecular weight excluding hydrogens is 348 g/mol. The zero-order valence-corrected chi connectivity index (χ0v) is 16.3. The predicted molar refractivity (Wildman–Crippen MR) is 99.2 cm³/mol. The van der Waals surface area contributed by atoms with Gasteiger partial charge in [0.1, 0.15) is 0 Å². The minimum atomic E-state index is -3.04. The van der Waals surface area contributed by atoms with Crippen LogP contribution in [0.5, 0.6) is 0 Å². The van der Waals surface area contributed by atoms with E-state index in [-0.39, 0.29) is 17.0 Å². The Hall–Kier alpha value is -0.670. The van der Waals surface area contributed by atoms with Gasteiger partial charge in [0, 0.05) is 54.5 Å². The maximum Gasteiger partial charge on any atom is 0.214 e. The second-order valence-electron chi connectivity index (χ2n) is 6.37. The van der Waals surface area contributed by atoms with E-state index in [2.05, 4.69) is 15.6 Å². The number of nitrogens with zero attached hydrogens (tertiary/aromatic N) is 2. The second kappa shape index (κ2) is 9.15. The van der Waals surface area contributed by atoms with E-state index in [9.17, 15) is 12.6 Å². The lowest BCUT2D eigenvalue weighted by molar-refractivity contribution is 0.410. The van der Waals surface area contributed by atoms with E-state index in [1.54, 1.807) is 7.05 Å². The molecule has 2 fully saturated rings. The van der Waals surface area contributed by atoms with Crippen molar-refractivity contribution in [2.24, 2.45) is 4.99 Å². The minimum Gasteiger partial charge on any atom is -0.355 e. The molecule has 0 aromatic rings. The lowest BCUT2D eigenvalue weighted by Crippen LogP contribution is -2.48. The third-order valence-electron chi connectivity index (χ3n) is 4.70. The lowest BCUT2D eigenvalue weighted by atomic mass is 9.95. The molecule has 0 amide bonds. The van der Waals surface area contributed by atoms with Gasteiger partial charge >= 0.3 is 0 Å². The van der Waals surface area contributed by atoms with Gasteiger partial charge in [-0.2, -0.15) is 0 Å². The van der Waals surface area contributed by atoms with Crippen molar-refractivity contribution in [1.82, 2.24) is 14.9 Å². The zero-order chi connectivity index (χ0) is 17.6. The maximum absolute atomic E-state index is 12.0. The molecule has 0 radical (unpaired) electrons. The number of nitrogens with one attached hydrogen (secondary N) is 2. The van der Waals surface area contributed by atoms with E-state index in [1.165, 1.54) is 4.31 Å². The van der Waals surface area contributed by atoms with Gasteiger partial charge in [-0.1, -0.05) is 13.3 Å². The Morgan fingerprint density at radius 1 is 1.33 bits per heavy atom. The van der Waals surface area contributed by atoms with Crippen molar-refractivity contribution in [3.63, 3.8) is 0 Å². The van der Waals surface area contributed by atoms with Crippen LogP contribution in [0.4, 0.5) is 0 Å². The first-order valence-corrected chi connectivity index (χ1v) is 11.8.